The van der Waals surface area contributed by atoms with E-state index in [1.54, 1.807) is 6.92 Å². The van der Waals surface area contributed by atoms with E-state index in [1.165, 1.54) is 6.92 Å². The van der Waals surface area contributed by atoms with E-state index in [9.17, 15) is 18.0 Å². The molecule has 0 aliphatic carbocycles. The molecule has 1 atom stereocenters. The quantitative estimate of drug-likeness (QED) is 0.586. The molecule has 9 heteroatoms. The van der Waals surface area contributed by atoms with Crippen molar-refractivity contribution >= 4 is 5.97 Å². The Morgan fingerprint density at radius 1 is 1.47 bits per heavy atom. The van der Waals surface area contributed by atoms with Gasteiger partial charge in [0, 0.05) is 0 Å². The Kier molecular flexibility index (Phi) is 5.28. The first-order valence-electron chi connectivity index (χ1n) is 5.42. The highest BCUT2D eigenvalue weighted by Crippen LogP contribution is 2.16. The topological polar surface area (TPSA) is 74.5 Å². The van der Waals surface area contributed by atoms with E-state index in [0.29, 0.717) is 5.82 Å². The number of rotatable bonds is 6. The lowest BCUT2D eigenvalue weighted by Gasteiger charge is -2.10. The molecule has 0 radical (unpaired) electrons. The largest absolute Gasteiger partial charge is 0.452 e. The number of ether oxygens (including phenoxy) is 2. The molecule has 0 amide bonds. The van der Waals surface area contributed by atoms with Crippen molar-refractivity contribution in [1.82, 2.24) is 10.1 Å². The van der Waals surface area contributed by atoms with Gasteiger partial charge in [-0.25, -0.2) is 0 Å². The smallest absolute Gasteiger partial charge is 0.411 e. The van der Waals surface area contributed by atoms with Crippen molar-refractivity contribution in [2.75, 3.05) is 13.2 Å². The Balaban J connectivity index is 2.24. The molecule has 1 heterocycles. The zero-order chi connectivity index (χ0) is 14.5. The molecule has 0 aliphatic heterocycles. The Labute approximate surface area is 106 Å². The standard InChI is InChI=1S/C10H13F3N2O4/c1-6(9-14-7(2)15-19-9)18-8(16)3-4-17-5-10(11,12)13/h6H,3-5H2,1-2H3. The normalized spacial score (nSPS) is 13.3. The number of esters is 1. The zero-order valence-corrected chi connectivity index (χ0v) is 10.4. The fourth-order valence-corrected chi connectivity index (χ4v) is 1.13. The van der Waals surface area contributed by atoms with Crippen molar-refractivity contribution in [1.29, 1.82) is 0 Å². The molecule has 1 aromatic rings. The van der Waals surface area contributed by atoms with E-state index in [2.05, 4.69) is 14.9 Å². The molecule has 0 N–H and O–H groups in total. The van der Waals surface area contributed by atoms with Crippen molar-refractivity contribution in [3.8, 4) is 0 Å². The highest BCUT2D eigenvalue weighted by atomic mass is 19.4. The van der Waals surface area contributed by atoms with E-state index in [-0.39, 0.29) is 18.9 Å². The summed E-state index contributed by atoms with van der Waals surface area (Å²) in [6.45, 7) is 1.36. The van der Waals surface area contributed by atoms with Crippen LogP contribution in [0.25, 0.3) is 0 Å². The highest BCUT2D eigenvalue weighted by Gasteiger charge is 2.27. The monoisotopic (exact) mass is 282 g/mol. The second-order valence-corrected chi connectivity index (χ2v) is 3.73. The molecule has 19 heavy (non-hydrogen) atoms. The Morgan fingerprint density at radius 3 is 2.68 bits per heavy atom. The molecule has 0 bridgehead atoms. The average molecular weight is 282 g/mol. The average Bonchev–Trinajstić information content (AvgIpc) is 2.70. The summed E-state index contributed by atoms with van der Waals surface area (Å²) in [5, 5.41) is 3.52. The number of nitrogens with zero attached hydrogens (tertiary/aromatic N) is 2. The highest BCUT2D eigenvalue weighted by molar-refractivity contribution is 5.69. The number of carbonyl (C=O) groups is 1. The molecular weight excluding hydrogens is 269 g/mol. The van der Waals surface area contributed by atoms with Gasteiger partial charge in [-0.05, 0) is 13.8 Å². The maximum atomic E-state index is 11.7. The number of halogens is 3. The van der Waals surface area contributed by atoms with Crippen LogP contribution in [0.1, 0.15) is 31.2 Å². The minimum atomic E-state index is -4.40. The van der Waals surface area contributed by atoms with Crippen LogP contribution in [0.5, 0.6) is 0 Å². The second-order valence-electron chi connectivity index (χ2n) is 3.73. The van der Waals surface area contributed by atoms with Crippen LogP contribution in [0.15, 0.2) is 4.52 Å². The van der Waals surface area contributed by atoms with Crippen molar-refractivity contribution in [3.05, 3.63) is 11.7 Å². The summed E-state index contributed by atoms with van der Waals surface area (Å²) in [5.41, 5.74) is 0. The molecular formula is C10H13F3N2O4. The molecule has 0 saturated heterocycles. The predicted octanol–water partition coefficient (Wildman–Crippen LogP) is 1.95. The molecule has 1 rings (SSSR count). The summed E-state index contributed by atoms with van der Waals surface area (Å²) in [6, 6.07) is 0. The lowest BCUT2D eigenvalue weighted by Crippen LogP contribution is -2.19. The number of carbonyl (C=O) groups excluding carboxylic acids is 1. The van der Waals surface area contributed by atoms with Crippen LogP contribution in [0.2, 0.25) is 0 Å². The Morgan fingerprint density at radius 2 is 2.16 bits per heavy atom. The molecule has 0 aromatic carbocycles. The first kappa shape index (κ1) is 15.4. The van der Waals surface area contributed by atoms with Gasteiger partial charge in [-0.15, -0.1) is 0 Å². The van der Waals surface area contributed by atoms with Gasteiger partial charge in [-0.1, -0.05) is 5.16 Å². The molecule has 108 valence electrons. The van der Waals surface area contributed by atoms with E-state index >= 15 is 0 Å². The molecule has 1 unspecified atom stereocenters. The van der Waals surface area contributed by atoms with E-state index < -0.39 is 24.9 Å². The predicted molar refractivity (Wildman–Crippen MR) is 55.0 cm³/mol. The van der Waals surface area contributed by atoms with Gasteiger partial charge < -0.3 is 14.0 Å². The van der Waals surface area contributed by atoms with Crippen molar-refractivity contribution in [3.63, 3.8) is 0 Å². The summed E-state index contributed by atoms with van der Waals surface area (Å²) >= 11 is 0. The Hall–Kier alpha value is -1.64. The van der Waals surface area contributed by atoms with Gasteiger partial charge in [0.05, 0.1) is 13.0 Å². The van der Waals surface area contributed by atoms with Gasteiger partial charge in [0.2, 0.25) is 0 Å². The van der Waals surface area contributed by atoms with E-state index in [0.717, 1.165) is 0 Å². The fourth-order valence-electron chi connectivity index (χ4n) is 1.13. The maximum absolute atomic E-state index is 11.7. The summed E-state index contributed by atoms with van der Waals surface area (Å²) in [6.07, 6.45) is -5.44. The maximum Gasteiger partial charge on any atom is 0.411 e. The first-order valence-corrected chi connectivity index (χ1v) is 5.42. The number of hydrogen-bond acceptors (Lipinski definition) is 6. The van der Waals surface area contributed by atoms with Crippen LogP contribution in [-0.4, -0.2) is 35.5 Å². The van der Waals surface area contributed by atoms with E-state index in [4.69, 9.17) is 9.26 Å². The van der Waals surface area contributed by atoms with E-state index in [1.807, 2.05) is 0 Å². The zero-order valence-electron chi connectivity index (χ0n) is 10.4. The van der Waals surface area contributed by atoms with Gasteiger partial charge in [0.15, 0.2) is 11.9 Å². The summed E-state index contributed by atoms with van der Waals surface area (Å²) in [4.78, 5) is 15.1. The van der Waals surface area contributed by atoms with Crippen molar-refractivity contribution < 1.29 is 32.0 Å². The number of aryl methyl sites for hydroxylation is 1. The lowest BCUT2D eigenvalue weighted by atomic mass is 10.4. The van der Waals surface area contributed by atoms with Crippen molar-refractivity contribution in [2.45, 2.75) is 32.5 Å². The summed E-state index contributed by atoms with van der Waals surface area (Å²) in [5.74, 6) is -0.181. The Bertz CT molecular complexity index is 419. The third-order valence-electron chi connectivity index (χ3n) is 1.92. The molecule has 0 spiro atoms. The van der Waals surface area contributed by atoms with Gasteiger partial charge in [-0.2, -0.15) is 18.2 Å². The minimum Gasteiger partial charge on any atom is -0.452 e. The molecule has 0 aliphatic rings. The van der Waals surface area contributed by atoms with Gasteiger partial charge in [-0.3, -0.25) is 4.79 Å². The molecule has 6 nitrogen and oxygen atoms in total. The second kappa shape index (κ2) is 6.50. The summed E-state index contributed by atoms with van der Waals surface area (Å²) in [7, 11) is 0. The first-order chi connectivity index (χ1) is 8.78. The van der Waals surface area contributed by atoms with Crippen LogP contribution < -0.4 is 0 Å². The number of hydrogen-bond donors (Lipinski definition) is 0. The molecule has 1 aromatic heterocycles. The number of alkyl halides is 3. The fraction of sp³-hybridized carbons (Fsp3) is 0.700. The minimum absolute atomic E-state index is 0.127. The SMILES string of the molecule is Cc1noc(C(C)OC(=O)CCOCC(F)(F)F)n1. The van der Waals surface area contributed by atoms with Gasteiger partial charge in [0.25, 0.3) is 5.89 Å². The molecule has 0 saturated carbocycles. The summed E-state index contributed by atoms with van der Waals surface area (Å²) < 4.78 is 49.2. The van der Waals surface area contributed by atoms with Crippen LogP contribution >= 0.6 is 0 Å². The van der Waals surface area contributed by atoms with Gasteiger partial charge in [0.1, 0.15) is 6.61 Å². The van der Waals surface area contributed by atoms with Crippen LogP contribution in [-0.2, 0) is 14.3 Å². The van der Waals surface area contributed by atoms with Crippen LogP contribution in [0.4, 0.5) is 13.2 Å². The van der Waals surface area contributed by atoms with Crippen LogP contribution in [0.3, 0.4) is 0 Å². The molecule has 0 fully saturated rings. The lowest BCUT2D eigenvalue weighted by molar-refractivity contribution is -0.177. The van der Waals surface area contributed by atoms with Crippen molar-refractivity contribution in [2.24, 2.45) is 0 Å². The number of aromatic nitrogens is 2. The van der Waals surface area contributed by atoms with Gasteiger partial charge >= 0.3 is 12.1 Å². The third-order valence-corrected chi connectivity index (χ3v) is 1.92. The third kappa shape index (κ3) is 6.18. The van der Waals surface area contributed by atoms with Crippen LogP contribution in [0, 0.1) is 6.92 Å².